The molecule has 0 radical (unpaired) electrons. The molecular formula is C18H22O5S. The summed E-state index contributed by atoms with van der Waals surface area (Å²) in [5.74, 6) is -0.461. The van der Waals surface area contributed by atoms with Crippen LogP contribution in [0.2, 0.25) is 0 Å². The number of carboxylic acid groups (broad SMARTS) is 1. The molecule has 0 aliphatic heterocycles. The molecule has 1 aromatic carbocycles. The smallest absolute Gasteiger partial charge is 0.306 e. The van der Waals surface area contributed by atoms with E-state index in [2.05, 4.69) is 0 Å². The summed E-state index contributed by atoms with van der Waals surface area (Å²) in [6, 6.07) is 5.50. The van der Waals surface area contributed by atoms with Crippen LogP contribution in [0.1, 0.15) is 43.3 Å². The minimum Gasteiger partial charge on any atom is -0.493 e. The third-order valence-electron chi connectivity index (χ3n) is 3.71. The van der Waals surface area contributed by atoms with Gasteiger partial charge in [-0.2, -0.15) is 0 Å². The molecule has 0 unspecified atom stereocenters. The summed E-state index contributed by atoms with van der Waals surface area (Å²) in [6.07, 6.45) is 0.467. The minimum atomic E-state index is -0.929. The number of fused-ring (bicyclic) bond motifs is 1. The molecule has 0 aliphatic rings. The topological polar surface area (TPSA) is 72.8 Å². The number of aliphatic carboxylic acids is 1. The first-order chi connectivity index (χ1) is 11.3. The fraction of sp³-hybridized carbons (Fsp3) is 0.444. The number of rotatable bonds is 8. The number of hydrogen-bond acceptors (Lipinski definition) is 5. The Hall–Kier alpha value is -2.08. The van der Waals surface area contributed by atoms with Gasteiger partial charge in [-0.25, -0.2) is 0 Å². The molecule has 1 aromatic heterocycles. The van der Waals surface area contributed by atoms with Crippen molar-refractivity contribution in [2.24, 2.45) is 5.92 Å². The fourth-order valence-corrected chi connectivity index (χ4v) is 3.44. The van der Waals surface area contributed by atoms with E-state index in [0.717, 1.165) is 10.1 Å². The maximum absolute atomic E-state index is 12.4. The molecule has 0 saturated heterocycles. The van der Waals surface area contributed by atoms with Crippen molar-refractivity contribution in [3.05, 3.63) is 23.1 Å². The van der Waals surface area contributed by atoms with E-state index in [1.165, 1.54) is 11.3 Å². The number of ketones is 1. The SMILES string of the molecule is CC[C@H](CC(=O)c1cc2cc(OC(C)C)c(OC)cc2s1)C(=O)O. The summed E-state index contributed by atoms with van der Waals surface area (Å²) in [4.78, 5) is 24.1. The van der Waals surface area contributed by atoms with Gasteiger partial charge in [0.25, 0.3) is 0 Å². The van der Waals surface area contributed by atoms with E-state index >= 15 is 0 Å². The van der Waals surface area contributed by atoms with E-state index in [-0.39, 0.29) is 18.3 Å². The Kier molecular flexibility index (Phi) is 5.83. The number of carbonyl (C=O) groups is 2. The van der Waals surface area contributed by atoms with Gasteiger partial charge < -0.3 is 14.6 Å². The highest BCUT2D eigenvalue weighted by Crippen LogP contribution is 2.37. The van der Waals surface area contributed by atoms with Gasteiger partial charge >= 0.3 is 5.97 Å². The number of hydrogen-bond donors (Lipinski definition) is 1. The Labute approximate surface area is 145 Å². The van der Waals surface area contributed by atoms with Crippen molar-refractivity contribution in [1.29, 1.82) is 0 Å². The predicted molar refractivity (Wildman–Crippen MR) is 94.5 cm³/mol. The zero-order valence-electron chi connectivity index (χ0n) is 14.3. The molecule has 0 amide bonds. The van der Waals surface area contributed by atoms with Crippen LogP contribution in [0.15, 0.2) is 18.2 Å². The van der Waals surface area contributed by atoms with Crippen molar-refractivity contribution in [2.45, 2.75) is 39.7 Å². The Morgan fingerprint density at radius 3 is 2.46 bits per heavy atom. The van der Waals surface area contributed by atoms with Crippen LogP contribution >= 0.6 is 11.3 Å². The summed E-state index contributed by atoms with van der Waals surface area (Å²) < 4.78 is 12.0. The molecule has 2 aromatic rings. The third kappa shape index (κ3) is 4.06. The molecule has 130 valence electrons. The molecule has 2 rings (SSSR count). The van der Waals surface area contributed by atoms with Gasteiger partial charge in [0, 0.05) is 17.2 Å². The highest BCUT2D eigenvalue weighted by molar-refractivity contribution is 7.20. The maximum Gasteiger partial charge on any atom is 0.306 e. The average Bonchev–Trinajstić information content (AvgIpc) is 2.93. The zero-order chi connectivity index (χ0) is 17.9. The lowest BCUT2D eigenvalue weighted by molar-refractivity contribution is -0.141. The Bertz CT molecular complexity index is 747. The maximum atomic E-state index is 12.4. The molecule has 0 saturated carbocycles. The number of ether oxygens (including phenoxy) is 2. The second-order valence-corrected chi connectivity index (χ2v) is 6.97. The summed E-state index contributed by atoms with van der Waals surface area (Å²) in [5, 5.41) is 10.0. The lowest BCUT2D eigenvalue weighted by atomic mass is 9.99. The lowest BCUT2D eigenvalue weighted by Crippen LogP contribution is -2.16. The van der Waals surface area contributed by atoms with Crippen molar-refractivity contribution >= 4 is 33.2 Å². The van der Waals surface area contributed by atoms with Crippen LogP contribution in [0.5, 0.6) is 11.5 Å². The van der Waals surface area contributed by atoms with Gasteiger partial charge in [0.05, 0.1) is 24.0 Å². The third-order valence-corrected chi connectivity index (χ3v) is 4.85. The monoisotopic (exact) mass is 350 g/mol. The van der Waals surface area contributed by atoms with E-state index < -0.39 is 11.9 Å². The van der Waals surface area contributed by atoms with E-state index in [9.17, 15) is 9.59 Å². The molecule has 24 heavy (non-hydrogen) atoms. The molecule has 6 heteroatoms. The first-order valence-corrected chi connectivity index (χ1v) is 8.71. The minimum absolute atomic E-state index is 0.0111. The molecule has 0 spiro atoms. The van der Waals surface area contributed by atoms with Crippen LogP contribution in [0.25, 0.3) is 10.1 Å². The summed E-state index contributed by atoms with van der Waals surface area (Å²) >= 11 is 1.35. The highest BCUT2D eigenvalue weighted by atomic mass is 32.1. The Morgan fingerprint density at radius 2 is 1.92 bits per heavy atom. The van der Waals surface area contributed by atoms with Crippen LogP contribution < -0.4 is 9.47 Å². The number of carbonyl (C=O) groups excluding carboxylic acids is 1. The average molecular weight is 350 g/mol. The second kappa shape index (κ2) is 7.66. The fourth-order valence-electron chi connectivity index (χ4n) is 2.42. The molecular weight excluding hydrogens is 328 g/mol. The van der Waals surface area contributed by atoms with E-state index in [4.69, 9.17) is 14.6 Å². The normalized spacial score (nSPS) is 12.4. The molecule has 0 aliphatic carbocycles. The van der Waals surface area contributed by atoms with Gasteiger partial charge in [-0.1, -0.05) is 6.92 Å². The number of carboxylic acids is 1. The molecule has 1 atom stereocenters. The van der Waals surface area contributed by atoms with Crippen molar-refractivity contribution in [2.75, 3.05) is 7.11 Å². The summed E-state index contributed by atoms with van der Waals surface area (Å²) in [6.45, 7) is 5.64. The molecule has 5 nitrogen and oxygen atoms in total. The van der Waals surface area contributed by atoms with Crippen molar-refractivity contribution in [1.82, 2.24) is 0 Å². The van der Waals surface area contributed by atoms with Crippen LogP contribution in [-0.2, 0) is 4.79 Å². The lowest BCUT2D eigenvalue weighted by Gasteiger charge is -2.13. The molecule has 1 heterocycles. The molecule has 0 bridgehead atoms. The zero-order valence-corrected chi connectivity index (χ0v) is 15.1. The van der Waals surface area contributed by atoms with Crippen LogP contribution in [0.3, 0.4) is 0 Å². The van der Waals surface area contributed by atoms with E-state index in [0.29, 0.717) is 22.8 Å². The molecule has 0 fully saturated rings. The highest BCUT2D eigenvalue weighted by Gasteiger charge is 2.22. The van der Waals surface area contributed by atoms with Crippen molar-refractivity contribution in [3.63, 3.8) is 0 Å². The van der Waals surface area contributed by atoms with Crippen LogP contribution in [-0.4, -0.2) is 30.1 Å². The van der Waals surface area contributed by atoms with Crippen molar-refractivity contribution in [3.8, 4) is 11.5 Å². The van der Waals surface area contributed by atoms with Gasteiger partial charge in [-0.05, 0) is 37.8 Å². The van der Waals surface area contributed by atoms with Crippen LogP contribution in [0.4, 0.5) is 0 Å². The standard InChI is InChI=1S/C18H22O5S/c1-5-11(18(20)21)6-13(19)17-8-12-7-15(23-10(2)3)14(22-4)9-16(12)24-17/h7-11H,5-6H2,1-4H3,(H,20,21)/t11-/m1/s1. The predicted octanol–water partition coefficient (Wildman–Crippen LogP) is 4.38. The van der Waals surface area contributed by atoms with Gasteiger partial charge in [0.15, 0.2) is 17.3 Å². The second-order valence-electron chi connectivity index (χ2n) is 5.89. The van der Waals surface area contributed by atoms with E-state index in [1.54, 1.807) is 20.1 Å². The van der Waals surface area contributed by atoms with Crippen molar-refractivity contribution < 1.29 is 24.2 Å². The summed E-state index contributed by atoms with van der Waals surface area (Å²) in [5.41, 5.74) is 0. The number of thiophene rings is 1. The number of Topliss-reactive ketones (excluding diaryl/α,β-unsaturated/α-hetero) is 1. The van der Waals surface area contributed by atoms with Gasteiger partial charge in [-0.15, -0.1) is 11.3 Å². The molecule has 1 N–H and O–H groups in total. The number of methoxy groups -OCH3 is 1. The Balaban J connectivity index is 2.33. The van der Waals surface area contributed by atoms with Gasteiger partial charge in [-0.3, -0.25) is 9.59 Å². The van der Waals surface area contributed by atoms with Crippen LogP contribution in [0, 0.1) is 5.92 Å². The quantitative estimate of drug-likeness (QED) is 0.715. The first-order valence-electron chi connectivity index (χ1n) is 7.89. The number of benzene rings is 1. The largest absolute Gasteiger partial charge is 0.493 e. The Morgan fingerprint density at radius 1 is 1.21 bits per heavy atom. The van der Waals surface area contributed by atoms with Gasteiger partial charge in [0.1, 0.15) is 0 Å². The van der Waals surface area contributed by atoms with Gasteiger partial charge in [0.2, 0.25) is 0 Å². The summed E-state index contributed by atoms with van der Waals surface area (Å²) in [7, 11) is 1.58. The van der Waals surface area contributed by atoms with E-state index in [1.807, 2.05) is 26.0 Å². The first kappa shape index (κ1) is 18.3.